The molecule has 34 heavy (non-hydrogen) atoms. The molecule has 0 radical (unpaired) electrons. The van der Waals surface area contributed by atoms with Crippen LogP contribution in [-0.4, -0.2) is 30.0 Å². The van der Waals surface area contributed by atoms with Crippen molar-refractivity contribution in [1.82, 2.24) is 0 Å². The molecule has 0 bridgehead atoms. The van der Waals surface area contributed by atoms with Gasteiger partial charge in [-0.25, -0.2) is 0 Å². The van der Waals surface area contributed by atoms with E-state index in [-0.39, 0.29) is 11.3 Å². The number of carbonyl (C=O) groups is 2. The van der Waals surface area contributed by atoms with Crippen LogP contribution in [0.5, 0.6) is 11.5 Å². The molecule has 3 heterocycles. The van der Waals surface area contributed by atoms with Gasteiger partial charge in [-0.15, -0.1) is 0 Å². The summed E-state index contributed by atoms with van der Waals surface area (Å²) in [4.78, 5) is 27.8. The summed E-state index contributed by atoms with van der Waals surface area (Å²) >= 11 is 0. The Morgan fingerprint density at radius 3 is 2.44 bits per heavy atom. The monoisotopic (exact) mass is 453 g/mol. The summed E-state index contributed by atoms with van der Waals surface area (Å²) in [6.07, 6.45) is 1.47. The van der Waals surface area contributed by atoms with E-state index in [1.165, 1.54) is 11.2 Å². The highest BCUT2D eigenvalue weighted by molar-refractivity contribution is 6.51. The number of carbonyl (C=O) groups excluding carboxylic acids is 2. The van der Waals surface area contributed by atoms with E-state index in [1.54, 1.807) is 42.5 Å². The Bertz CT molecular complexity index is 1470. The SMILES string of the molecule is O=C1C(=O)N(c2ccc3c(c2)OCCO3)C(c2ccco2)/C1=C(/O)c1ccc2ccccc2c1. The van der Waals surface area contributed by atoms with Gasteiger partial charge in [-0.2, -0.15) is 0 Å². The maximum Gasteiger partial charge on any atom is 0.300 e. The molecule has 0 saturated carbocycles. The third-order valence-electron chi connectivity index (χ3n) is 6.08. The van der Waals surface area contributed by atoms with Gasteiger partial charge in [-0.1, -0.05) is 36.4 Å². The highest BCUT2D eigenvalue weighted by atomic mass is 16.6. The van der Waals surface area contributed by atoms with Crippen molar-refractivity contribution in [3.8, 4) is 11.5 Å². The normalized spacial score (nSPS) is 19.1. The van der Waals surface area contributed by atoms with E-state index in [0.29, 0.717) is 41.7 Å². The minimum Gasteiger partial charge on any atom is -0.507 e. The number of fused-ring (bicyclic) bond motifs is 2. The molecular formula is C27H19NO6. The average Bonchev–Trinajstić information content (AvgIpc) is 3.50. The molecule has 1 N–H and O–H groups in total. The number of ether oxygens (including phenoxy) is 2. The van der Waals surface area contributed by atoms with Crippen LogP contribution >= 0.6 is 0 Å². The molecule has 1 unspecified atom stereocenters. The molecule has 1 aromatic heterocycles. The third kappa shape index (κ3) is 3.13. The van der Waals surface area contributed by atoms with Crippen molar-refractivity contribution in [3.05, 3.63) is 96.0 Å². The van der Waals surface area contributed by atoms with E-state index in [1.807, 2.05) is 30.3 Å². The Morgan fingerprint density at radius 1 is 0.853 bits per heavy atom. The van der Waals surface area contributed by atoms with Gasteiger partial charge in [-0.05, 0) is 41.1 Å². The third-order valence-corrected chi connectivity index (χ3v) is 6.08. The summed E-state index contributed by atoms with van der Waals surface area (Å²) in [5.74, 6) is -0.403. The van der Waals surface area contributed by atoms with Crippen LogP contribution in [0.3, 0.4) is 0 Å². The molecular weight excluding hydrogens is 434 g/mol. The van der Waals surface area contributed by atoms with Gasteiger partial charge in [-0.3, -0.25) is 14.5 Å². The average molecular weight is 453 g/mol. The van der Waals surface area contributed by atoms with Gasteiger partial charge in [0.05, 0.1) is 11.8 Å². The minimum absolute atomic E-state index is 0.0369. The van der Waals surface area contributed by atoms with Crippen LogP contribution < -0.4 is 14.4 Å². The first-order valence-electron chi connectivity index (χ1n) is 10.8. The van der Waals surface area contributed by atoms with Crippen LogP contribution in [0.25, 0.3) is 16.5 Å². The number of hydrogen-bond acceptors (Lipinski definition) is 6. The summed E-state index contributed by atoms with van der Waals surface area (Å²) in [7, 11) is 0. The van der Waals surface area contributed by atoms with Crippen molar-refractivity contribution in [3.63, 3.8) is 0 Å². The Balaban J connectivity index is 1.52. The van der Waals surface area contributed by atoms with Crippen LogP contribution in [0.2, 0.25) is 0 Å². The summed E-state index contributed by atoms with van der Waals surface area (Å²) in [6.45, 7) is 0.827. The first kappa shape index (κ1) is 20.1. The highest BCUT2D eigenvalue weighted by Gasteiger charge is 2.48. The molecule has 0 aliphatic carbocycles. The molecule has 6 rings (SSSR count). The van der Waals surface area contributed by atoms with E-state index in [9.17, 15) is 14.7 Å². The first-order chi connectivity index (χ1) is 16.6. The lowest BCUT2D eigenvalue weighted by molar-refractivity contribution is -0.132. The summed E-state index contributed by atoms with van der Waals surface area (Å²) in [5, 5.41) is 13.2. The Morgan fingerprint density at radius 2 is 1.65 bits per heavy atom. The lowest BCUT2D eigenvalue weighted by Crippen LogP contribution is -2.29. The molecule has 7 nitrogen and oxygen atoms in total. The predicted octanol–water partition coefficient (Wildman–Crippen LogP) is 4.83. The number of amides is 1. The second-order valence-electron chi connectivity index (χ2n) is 8.07. The number of benzene rings is 3. The first-order valence-corrected chi connectivity index (χ1v) is 10.8. The van der Waals surface area contributed by atoms with Crippen molar-refractivity contribution < 1.29 is 28.6 Å². The van der Waals surface area contributed by atoms with Crippen molar-refractivity contribution in [1.29, 1.82) is 0 Å². The van der Waals surface area contributed by atoms with E-state index in [0.717, 1.165) is 10.8 Å². The van der Waals surface area contributed by atoms with Crippen molar-refractivity contribution in [2.45, 2.75) is 6.04 Å². The molecule has 1 amide bonds. The molecule has 168 valence electrons. The van der Waals surface area contributed by atoms with Crippen LogP contribution in [0.4, 0.5) is 5.69 Å². The van der Waals surface area contributed by atoms with Crippen molar-refractivity contribution in [2.24, 2.45) is 0 Å². The fourth-order valence-electron chi connectivity index (χ4n) is 4.49. The van der Waals surface area contributed by atoms with E-state index >= 15 is 0 Å². The number of anilines is 1. The number of nitrogens with zero attached hydrogens (tertiary/aromatic N) is 1. The molecule has 1 saturated heterocycles. The number of rotatable bonds is 3. The van der Waals surface area contributed by atoms with Gasteiger partial charge in [0.1, 0.15) is 30.8 Å². The zero-order valence-electron chi connectivity index (χ0n) is 17.9. The molecule has 4 aromatic rings. The summed E-state index contributed by atoms with van der Waals surface area (Å²) in [5.41, 5.74) is 0.839. The molecule has 1 fully saturated rings. The smallest absolute Gasteiger partial charge is 0.300 e. The van der Waals surface area contributed by atoms with E-state index < -0.39 is 17.7 Å². The fraction of sp³-hybridized carbons (Fsp3) is 0.111. The van der Waals surface area contributed by atoms with Crippen molar-refractivity contribution >= 4 is 33.9 Å². The van der Waals surface area contributed by atoms with Gasteiger partial charge in [0, 0.05) is 17.3 Å². The van der Waals surface area contributed by atoms with Gasteiger partial charge in [0.15, 0.2) is 11.5 Å². The topological polar surface area (TPSA) is 89.2 Å². The number of hydrogen-bond donors (Lipinski definition) is 1. The number of aliphatic hydroxyl groups is 1. The van der Waals surface area contributed by atoms with Gasteiger partial charge in [0.2, 0.25) is 0 Å². The molecule has 1 atom stereocenters. The minimum atomic E-state index is -0.941. The van der Waals surface area contributed by atoms with Crippen LogP contribution in [0, 0.1) is 0 Å². The van der Waals surface area contributed by atoms with E-state index in [4.69, 9.17) is 13.9 Å². The predicted molar refractivity (Wildman–Crippen MR) is 125 cm³/mol. The highest BCUT2D eigenvalue weighted by Crippen LogP contribution is 2.44. The van der Waals surface area contributed by atoms with Gasteiger partial charge < -0.3 is 19.0 Å². The molecule has 7 heteroatoms. The van der Waals surface area contributed by atoms with Crippen LogP contribution in [0.1, 0.15) is 17.4 Å². The Labute approximate surface area is 194 Å². The standard InChI is InChI=1S/C27H19NO6/c29-25(18-8-7-16-4-1-2-5-17(16)14-18)23-24(21-6-3-11-32-21)28(27(31)26(23)30)19-9-10-20-22(15-19)34-13-12-33-20/h1-11,14-15,24,29H,12-13H2/b25-23-. The van der Waals surface area contributed by atoms with Crippen molar-refractivity contribution in [2.75, 3.05) is 18.1 Å². The van der Waals surface area contributed by atoms with E-state index in [2.05, 4.69) is 0 Å². The Hall–Kier alpha value is -4.52. The van der Waals surface area contributed by atoms with Crippen LogP contribution in [-0.2, 0) is 9.59 Å². The zero-order chi connectivity index (χ0) is 23.2. The van der Waals surface area contributed by atoms with Gasteiger partial charge in [0.25, 0.3) is 11.7 Å². The largest absolute Gasteiger partial charge is 0.507 e. The lowest BCUT2D eigenvalue weighted by Gasteiger charge is -2.25. The fourth-order valence-corrected chi connectivity index (χ4v) is 4.49. The van der Waals surface area contributed by atoms with Gasteiger partial charge >= 0.3 is 0 Å². The second kappa shape index (κ2) is 7.81. The summed E-state index contributed by atoms with van der Waals surface area (Å²) in [6, 6.07) is 20.6. The quantitative estimate of drug-likeness (QED) is 0.272. The molecule has 2 aliphatic heterocycles. The summed E-state index contributed by atoms with van der Waals surface area (Å²) < 4.78 is 16.9. The van der Waals surface area contributed by atoms with Crippen LogP contribution in [0.15, 0.2) is 89.0 Å². The molecule has 2 aliphatic rings. The molecule has 0 spiro atoms. The lowest BCUT2D eigenvalue weighted by atomic mass is 9.97. The number of furan rings is 1. The molecule has 3 aromatic carbocycles. The zero-order valence-corrected chi connectivity index (χ0v) is 17.9. The maximum atomic E-state index is 13.3. The number of aliphatic hydroxyl groups excluding tert-OH is 1. The number of Topliss-reactive ketones (excluding diaryl/α,β-unsaturated/α-hetero) is 1. The number of ketones is 1. The second-order valence-corrected chi connectivity index (χ2v) is 8.07. The maximum absolute atomic E-state index is 13.3. The Kier molecular flexibility index (Phi) is 4.62.